The fourth-order valence-electron chi connectivity index (χ4n) is 3.90. The summed E-state index contributed by atoms with van der Waals surface area (Å²) in [5, 5.41) is 4.15. The van der Waals surface area contributed by atoms with Crippen LogP contribution in [0.1, 0.15) is 62.5 Å². The van der Waals surface area contributed by atoms with Crippen LogP contribution in [0.3, 0.4) is 0 Å². The Labute approximate surface area is 162 Å². The van der Waals surface area contributed by atoms with E-state index in [1.807, 2.05) is 13.8 Å². The van der Waals surface area contributed by atoms with E-state index in [1.165, 1.54) is 23.8 Å². The molecule has 4 heteroatoms. The Hall–Kier alpha value is -2.23. The van der Waals surface area contributed by atoms with E-state index < -0.39 is 0 Å². The Kier molecular flexibility index (Phi) is 5.93. The lowest BCUT2D eigenvalue weighted by molar-refractivity contribution is -0.116. The fourth-order valence-corrected chi connectivity index (χ4v) is 3.90. The summed E-state index contributed by atoms with van der Waals surface area (Å²) in [4.78, 5) is 12.3. The first-order valence-electron chi connectivity index (χ1n) is 10.0. The zero-order valence-electron chi connectivity index (χ0n) is 17.2. The van der Waals surface area contributed by atoms with Gasteiger partial charge in [0.15, 0.2) is 0 Å². The lowest BCUT2D eigenvalue weighted by atomic mass is 9.93. The zero-order chi connectivity index (χ0) is 19.6. The number of aryl methyl sites for hydroxylation is 3. The second kappa shape index (κ2) is 8.20. The first-order chi connectivity index (χ1) is 12.9. The summed E-state index contributed by atoms with van der Waals surface area (Å²) in [5.41, 5.74) is 5.14. The van der Waals surface area contributed by atoms with Crippen LogP contribution in [0.2, 0.25) is 0 Å². The maximum atomic E-state index is 12.3. The van der Waals surface area contributed by atoms with Gasteiger partial charge in [-0.1, -0.05) is 13.8 Å². The van der Waals surface area contributed by atoms with Crippen LogP contribution in [0.15, 0.2) is 16.6 Å². The Bertz CT molecular complexity index is 874. The maximum absolute atomic E-state index is 12.3. The van der Waals surface area contributed by atoms with Gasteiger partial charge in [-0.25, -0.2) is 0 Å². The third-order valence-electron chi connectivity index (χ3n) is 5.42. The third-order valence-corrected chi connectivity index (χ3v) is 5.42. The first kappa shape index (κ1) is 19.5. The second-order valence-electron chi connectivity index (χ2n) is 7.97. The van der Waals surface area contributed by atoms with Crippen molar-refractivity contribution in [2.45, 2.75) is 59.8 Å². The second-order valence-corrected chi connectivity index (χ2v) is 7.97. The quantitative estimate of drug-likeness (QED) is 0.713. The summed E-state index contributed by atoms with van der Waals surface area (Å²) >= 11 is 0. The van der Waals surface area contributed by atoms with Crippen molar-refractivity contribution in [3.63, 3.8) is 0 Å². The summed E-state index contributed by atoms with van der Waals surface area (Å²) in [6.45, 7) is 9.02. The molecule has 0 saturated carbocycles. The van der Waals surface area contributed by atoms with Crippen molar-refractivity contribution in [2.75, 3.05) is 13.7 Å². The van der Waals surface area contributed by atoms with Gasteiger partial charge in [0.25, 0.3) is 0 Å². The molecule has 0 unspecified atom stereocenters. The number of ether oxygens (including phenoxy) is 1. The third kappa shape index (κ3) is 4.05. The molecule has 1 aliphatic rings. The number of amides is 1. The van der Waals surface area contributed by atoms with Crippen LogP contribution in [0.25, 0.3) is 16.5 Å². The molecule has 1 aromatic carbocycles. The number of hydrogen-bond donors (Lipinski definition) is 1. The molecule has 0 atom stereocenters. The van der Waals surface area contributed by atoms with Gasteiger partial charge >= 0.3 is 0 Å². The van der Waals surface area contributed by atoms with Crippen LogP contribution >= 0.6 is 0 Å². The van der Waals surface area contributed by atoms with Crippen molar-refractivity contribution in [2.24, 2.45) is 5.92 Å². The molecule has 1 N–H and O–H groups in total. The van der Waals surface area contributed by atoms with Gasteiger partial charge < -0.3 is 14.5 Å². The van der Waals surface area contributed by atoms with Gasteiger partial charge in [0.05, 0.1) is 7.11 Å². The highest BCUT2D eigenvalue weighted by atomic mass is 16.5. The van der Waals surface area contributed by atoms with Crippen molar-refractivity contribution in [3.8, 4) is 5.75 Å². The SMILES string of the molecule is COc1c(/C(C)=C/C(=O)NCCC(C)C)cc2c3c(oc2c1C)CCCC3. The average Bonchev–Trinajstić information content (AvgIpc) is 3.00. The first-order valence-corrected chi connectivity index (χ1v) is 10.0. The van der Waals surface area contributed by atoms with E-state index in [9.17, 15) is 4.79 Å². The molecule has 1 aromatic heterocycles. The summed E-state index contributed by atoms with van der Waals surface area (Å²) in [5.74, 6) is 2.43. The van der Waals surface area contributed by atoms with Gasteiger partial charge in [0.2, 0.25) is 5.91 Å². The van der Waals surface area contributed by atoms with Crippen molar-refractivity contribution in [1.82, 2.24) is 5.32 Å². The molecule has 0 fully saturated rings. The molecule has 1 heterocycles. The highest BCUT2D eigenvalue weighted by Gasteiger charge is 2.23. The molecule has 2 aromatic rings. The smallest absolute Gasteiger partial charge is 0.244 e. The fraction of sp³-hybridized carbons (Fsp3) is 0.522. The standard InChI is InChI=1S/C23H31NO3/c1-14(2)10-11-24-21(25)12-15(3)18-13-19-17-8-6-7-9-20(17)27-23(19)16(4)22(18)26-5/h12-14H,6-11H2,1-5H3,(H,24,25)/b15-12+. The van der Waals surface area contributed by atoms with Gasteiger partial charge in [0, 0.05) is 41.1 Å². The van der Waals surface area contributed by atoms with Gasteiger partial charge in [-0.3, -0.25) is 4.79 Å². The Morgan fingerprint density at radius 3 is 2.78 bits per heavy atom. The Balaban J connectivity index is 1.97. The van der Waals surface area contributed by atoms with E-state index in [-0.39, 0.29) is 5.91 Å². The van der Waals surface area contributed by atoms with Gasteiger partial charge in [-0.2, -0.15) is 0 Å². The zero-order valence-corrected chi connectivity index (χ0v) is 17.2. The predicted octanol–water partition coefficient (Wildman–Crippen LogP) is 5.19. The Morgan fingerprint density at radius 2 is 2.07 bits per heavy atom. The van der Waals surface area contributed by atoms with Crippen LogP contribution in [-0.2, 0) is 17.6 Å². The minimum absolute atomic E-state index is 0.0535. The largest absolute Gasteiger partial charge is 0.496 e. The monoisotopic (exact) mass is 369 g/mol. The van der Waals surface area contributed by atoms with Crippen molar-refractivity contribution in [3.05, 3.63) is 34.6 Å². The molecule has 146 valence electrons. The van der Waals surface area contributed by atoms with Gasteiger partial charge in [0.1, 0.15) is 17.1 Å². The highest BCUT2D eigenvalue weighted by molar-refractivity contribution is 5.98. The molecule has 0 saturated heterocycles. The van der Waals surface area contributed by atoms with Gasteiger partial charge in [-0.05, 0) is 57.1 Å². The van der Waals surface area contributed by atoms with Crippen molar-refractivity contribution < 1.29 is 13.9 Å². The maximum Gasteiger partial charge on any atom is 0.244 e. The molecule has 1 aliphatic carbocycles. The summed E-state index contributed by atoms with van der Waals surface area (Å²) in [6, 6.07) is 2.14. The number of benzene rings is 1. The number of nitrogens with one attached hydrogen (secondary N) is 1. The lowest BCUT2D eigenvalue weighted by Crippen LogP contribution is -2.23. The van der Waals surface area contributed by atoms with E-state index in [1.54, 1.807) is 13.2 Å². The molecule has 27 heavy (non-hydrogen) atoms. The van der Waals surface area contributed by atoms with Gasteiger partial charge in [-0.15, -0.1) is 0 Å². The number of furan rings is 1. The average molecular weight is 370 g/mol. The molecule has 0 spiro atoms. The van der Waals surface area contributed by atoms with E-state index in [0.29, 0.717) is 12.5 Å². The molecule has 0 bridgehead atoms. The van der Waals surface area contributed by atoms with E-state index in [2.05, 4.69) is 25.2 Å². The molecule has 1 amide bonds. The summed E-state index contributed by atoms with van der Waals surface area (Å²) in [6.07, 6.45) is 7.12. The number of carbonyl (C=O) groups excluding carboxylic acids is 1. The van der Waals surface area contributed by atoms with Crippen LogP contribution in [0.5, 0.6) is 5.75 Å². The number of carbonyl (C=O) groups is 1. The molecule has 0 radical (unpaired) electrons. The lowest BCUT2D eigenvalue weighted by Gasteiger charge is -2.14. The van der Waals surface area contributed by atoms with E-state index in [4.69, 9.17) is 9.15 Å². The number of fused-ring (bicyclic) bond motifs is 3. The molecule has 0 aliphatic heterocycles. The Morgan fingerprint density at radius 1 is 1.33 bits per heavy atom. The van der Waals surface area contributed by atoms with Crippen LogP contribution in [0.4, 0.5) is 0 Å². The normalized spacial score (nSPS) is 14.5. The molecule has 4 nitrogen and oxygen atoms in total. The number of hydrogen-bond acceptors (Lipinski definition) is 3. The molecule has 3 rings (SSSR count). The van der Waals surface area contributed by atoms with Crippen molar-refractivity contribution in [1.29, 1.82) is 0 Å². The van der Waals surface area contributed by atoms with Crippen LogP contribution in [-0.4, -0.2) is 19.6 Å². The van der Waals surface area contributed by atoms with Crippen LogP contribution < -0.4 is 10.1 Å². The van der Waals surface area contributed by atoms with Crippen molar-refractivity contribution >= 4 is 22.4 Å². The molecular weight excluding hydrogens is 338 g/mol. The summed E-state index contributed by atoms with van der Waals surface area (Å²) in [7, 11) is 1.68. The number of rotatable bonds is 6. The number of allylic oxidation sites excluding steroid dienone is 1. The van der Waals surface area contributed by atoms with Crippen LogP contribution in [0, 0.1) is 12.8 Å². The number of methoxy groups -OCH3 is 1. The topological polar surface area (TPSA) is 51.5 Å². The minimum Gasteiger partial charge on any atom is -0.496 e. The predicted molar refractivity (Wildman–Crippen MR) is 110 cm³/mol. The molecular formula is C23H31NO3. The highest BCUT2D eigenvalue weighted by Crippen LogP contribution is 2.40. The van der Waals surface area contributed by atoms with E-state index >= 15 is 0 Å². The van der Waals surface area contributed by atoms with E-state index in [0.717, 1.165) is 53.1 Å². The minimum atomic E-state index is -0.0535. The summed E-state index contributed by atoms with van der Waals surface area (Å²) < 4.78 is 11.9.